The van der Waals surface area contributed by atoms with Gasteiger partial charge < -0.3 is 0 Å². The van der Waals surface area contributed by atoms with Crippen LogP contribution in [0.3, 0.4) is 0 Å². The van der Waals surface area contributed by atoms with Crippen LogP contribution in [0.1, 0.15) is 0 Å². The Labute approximate surface area is 207 Å². The summed E-state index contributed by atoms with van der Waals surface area (Å²) in [6.07, 6.45) is 0. The van der Waals surface area contributed by atoms with Gasteiger partial charge in [0.05, 0.1) is 22.2 Å². The average molecular weight is 464 g/mol. The highest BCUT2D eigenvalue weighted by molar-refractivity contribution is 5.99. The molecule has 7 aromatic rings. The molecule has 4 nitrogen and oxygen atoms in total. The minimum absolute atomic E-state index is 0.135. The number of fused-ring (bicyclic) bond motifs is 5. The quantitative estimate of drug-likeness (QED) is 0.280. The predicted molar refractivity (Wildman–Crippen MR) is 147 cm³/mol. The molecule has 0 amide bonds. The second kappa shape index (κ2) is 8.07. The molecule has 5 aromatic carbocycles. The molecule has 0 radical (unpaired) electrons. The Morgan fingerprint density at radius 3 is 1.78 bits per heavy atom. The number of benzene rings is 5. The van der Waals surface area contributed by atoms with Gasteiger partial charge in [-0.2, -0.15) is 0 Å². The summed E-state index contributed by atoms with van der Waals surface area (Å²) in [6, 6.07) is 42.7. The van der Waals surface area contributed by atoms with E-state index in [1.807, 2.05) is 78.9 Å². The van der Waals surface area contributed by atoms with E-state index in [9.17, 15) is 4.79 Å². The topological polar surface area (TPSA) is 39.3 Å². The lowest BCUT2D eigenvalue weighted by Gasteiger charge is -2.13. The summed E-state index contributed by atoms with van der Waals surface area (Å²) in [5, 5.41) is 0.928. The zero-order valence-electron chi connectivity index (χ0n) is 19.4. The molecule has 7 rings (SSSR count). The maximum atomic E-state index is 14.1. The van der Waals surface area contributed by atoms with Gasteiger partial charge in [0.2, 0.25) is 0 Å². The van der Waals surface area contributed by atoms with Crippen LogP contribution in [-0.2, 0) is 0 Å². The fourth-order valence-corrected chi connectivity index (χ4v) is 5.01. The van der Waals surface area contributed by atoms with Gasteiger partial charge in [-0.05, 0) is 58.7 Å². The fraction of sp³-hybridized carbons (Fsp3) is 0. The van der Waals surface area contributed by atoms with Crippen LogP contribution in [0, 0.1) is 0 Å². The Bertz CT molecular complexity index is 1940. The molecule has 4 heteroatoms. The molecule has 0 N–H and O–H groups in total. The van der Waals surface area contributed by atoms with E-state index in [2.05, 4.69) is 48.5 Å². The third-order valence-corrected chi connectivity index (χ3v) is 6.74. The maximum absolute atomic E-state index is 14.1. The number of para-hydroxylation sites is 1. The summed E-state index contributed by atoms with van der Waals surface area (Å²) in [7, 11) is 0. The van der Waals surface area contributed by atoms with E-state index in [0.29, 0.717) is 5.65 Å². The molecular weight excluding hydrogens is 442 g/mol. The third-order valence-electron chi connectivity index (χ3n) is 6.74. The average Bonchev–Trinajstić information content (AvgIpc) is 3.34. The molecule has 0 saturated carbocycles. The molecule has 0 saturated heterocycles. The summed E-state index contributed by atoms with van der Waals surface area (Å²) < 4.78 is 3.54. The molecule has 0 spiro atoms. The van der Waals surface area contributed by atoms with Crippen LogP contribution in [0.25, 0.3) is 55.5 Å². The van der Waals surface area contributed by atoms with E-state index in [1.165, 1.54) is 0 Å². The molecule has 0 aliphatic carbocycles. The first kappa shape index (κ1) is 20.4. The number of hydrogen-bond acceptors (Lipinski definition) is 2. The number of imidazole rings is 1. The van der Waals surface area contributed by atoms with Crippen molar-refractivity contribution >= 4 is 27.6 Å². The smallest absolute Gasteiger partial charge is 0.262 e. The Kier molecular flexibility index (Phi) is 4.57. The van der Waals surface area contributed by atoms with Gasteiger partial charge in [0.15, 0.2) is 5.65 Å². The van der Waals surface area contributed by atoms with E-state index in [0.717, 1.165) is 49.9 Å². The van der Waals surface area contributed by atoms with E-state index >= 15 is 0 Å². The van der Waals surface area contributed by atoms with Gasteiger partial charge in [-0.3, -0.25) is 4.57 Å². The van der Waals surface area contributed by atoms with Crippen LogP contribution in [0.5, 0.6) is 0 Å². The van der Waals surface area contributed by atoms with Gasteiger partial charge in [0, 0.05) is 5.39 Å². The van der Waals surface area contributed by atoms with Crippen molar-refractivity contribution in [1.29, 1.82) is 0 Å². The second-order valence-electron chi connectivity index (χ2n) is 8.89. The molecule has 2 aromatic heterocycles. The normalized spacial score (nSPS) is 11.4. The van der Waals surface area contributed by atoms with Crippen LogP contribution < -0.4 is 5.69 Å². The van der Waals surface area contributed by atoms with E-state index in [1.54, 1.807) is 8.97 Å². The van der Waals surface area contributed by atoms with E-state index in [-0.39, 0.29) is 5.69 Å². The predicted octanol–water partition coefficient (Wildman–Crippen LogP) is 7.13. The standard InChI is InChI=1S/C32H21N3O/c36-32-34(26-14-8-3-9-15-26)29-19-17-24(22-10-4-1-5-11-22)20-27(29)31-33-28-18-16-25(21-30(28)35(31)32)23-12-6-2-7-13-23/h1-21H. The van der Waals surface area contributed by atoms with Crippen molar-refractivity contribution in [2.45, 2.75) is 0 Å². The highest BCUT2D eigenvalue weighted by Crippen LogP contribution is 2.30. The molecule has 36 heavy (non-hydrogen) atoms. The van der Waals surface area contributed by atoms with Gasteiger partial charge in [0.25, 0.3) is 0 Å². The summed E-state index contributed by atoms with van der Waals surface area (Å²) in [6.45, 7) is 0. The largest absolute Gasteiger partial charge is 0.339 e. The van der Waals surface area contributed by atoms with Crippen LogP contribution >= 0.6 is 0 Å². The molecule has 0 fully saturated rings. The molecule has 0 aliphatic rings. The Morgan fingerprint density at radius 2 is 1.11 bits per heavy atom. The van der Waals surface area contributed by atoms with Gasteiger partial charge in [-0.1, -0.05) is 91.0 Å². The minimum Gasteiger partial charge on any atom is -0.262 e. The maximum Gasteiger partial charge on any atom is 0.339 e. The van der Waals surface area contributed by atoms with Crippen molar-refractivity contribution in [3.63, 3.8) is 0 Å². The van der Waals surface area contributed by atoms with Crippen LogP contribution in [0.15, 0.2) is 132 Å². The number of rotatable bonds is 3. The lowest BCUT2D eigenvalue weighted by Crippen LogP contribution is -2.25. The number of hydrogen-bond donors (Lipinski definition) is 0. The van der Waals surface area contributed by atoms with Crippen molar-refractivity contribution in [2.24, 2.45) is 0 Å². The summed E-state index contributed by atoms with van der Waals surface area (Å²) in [5.41, 5.74) is 8.14. The first-order valence-corrected chi connectivity index (χ1v) is 12.0. The Morgan fingerprint density at radius 1 is 0.528 bits per heavy atom. The lowest BCUT2D eigenvalue weighted by atomic mass is 10.0. The summed E-state index contributed by atoms with van der Waals surface area (Å²) >= 11 is 0. The number of nitrogens with zero attached hydrogens (tertiary/aromatic N) is 3. The Balaban J connectivity index is 1.62. The molecule has 0 atom stereocenters. The molecular formula is C32H21N3O. The molecule has 0 bridgehead atoms. The van der Waals surface area contributed by atoms with Gasteiger partial charge in [-0.25, -0.2) is 14.2 Å². The van der Waals surface area contributed by atoms with Crippen molar-refractivity contribution in [1.82, 2.24) is 14.0 Å². The molecule has 0 aliphatic heterocycles. The van der Waals surface area contributed by atoms with Crippen molar-refractivity contribution in [3.8, 4) is 27.9 Å². The highest BCUT2D eigenvalue weighted by Gasteiger charge is 2.18. The SMILES string of the molecule is O=c1n(-c2ccccc2)c2ccc(-c3ccccc3)cc2c2nc3ccc(-c4ccccc4)cc3n12. The van der Waals surface area contributed by atoms with Gasteiger partial charge >= 0.3 is 5.69 Å². The van der Waals surface area contributed by atoms with Crippen LogP contribution in [0.4, 0.5) is 0 Å². The first-order valence-electron chi connectivity index (χ1n) is 12.0. The third kappa shape index (κ3) is 3.16. The van der Waals surface area contributed by atoms with E-state index < -0.39 is 0 Å². The van der Waals surface area contributed by atoms with Crippen molar-refractivity contribution in [3.05, 3.63) is 138 Å². The zero-order valence-corrected chi connectivity index (χ0v) is 19.4. The molecule has 170 valence electrons. The highest BCUT2D eigenvalue weighted by atomic mass is 16.1. The fourth-order valence-electron chi connectivity index (χ4n) is 5.01. The van der Waals surface area contributed by atoms with E-state index in [4.69, 9.17) is 4.98 Å². The summed E-state index contributed by atoms with van der Waals surface area (Å²) in [4.78, 5) is 19.1. The Hall–Kier alpha value is -4.96. The van der Waals surface area contributed by atoms with Crippen LogP contribution in [0.2, 0.25) is 0 Å². The van der Waals surface area contributed by atoms with Gasteiger partial charge in [0.1, 0.15) is 0 Å². The van der Waals surface area contributed by atoms with Crippen molar-refractivity contribution < 1.29 is 0 Å². The zero-order chi connectivity index (χ0) is 24.1. The summed E-state index contributed by atoms with van der Waals surface area (Å²) in [5.74, 6) is 0. The molecule has 0 unspecified atom stereocenters. The first-order chi connectivity index (χ1) is 17.8. The van der Waals surface area contributed by atoms with Crippen molar-refractivity contribution in [2.75, 3.05) is 0 Å². The van der Waals surface area contributed by atoms with Crippen LogP contribution in [-0.4, -0.2) is 14.0 Å². The lowest BCUT2D eigenvalue weighted by molar-refractivity contribution is 0.932. The minimum atomic E-state index is -0.135. The monoisotopic (exact) mass is 463 g/mol. The van der Waals surface area contributed by atoms with Gasteiger partial charge in [-0.15, -0.1) is 0 Å². The molecule has 2 heterocycles. The second-order valence-corrected chi connectivity index (χ2v) is 8.89. The number of aromatic nitrogens is 3.